The van der Waals surface area contributed by atoms with Gasteiger partial charge in [-0.25, -0.2) is 4.79 Å². The van der Waals surface area contributed by atoms with E-state index in [2.05, 4.69) is 0 Å². The molecule has 2 aromatic carbocycles. The molecule has 2 unspecified atom stereocenters. The van der Waals surface area contributed by atoms with E-state index in [4.69, 9.17) is 9.47 Å². The van der Waals surface area contributed by atoms with Crippen molar-refractivity contribution in [2.24, 2.45) is 5.41 Å². The summed E-state index contributed by atoms with van der Waals surface area (Å²) in [5.41, 5.74) is 0.700. The van der Waals surface area contributed by atoms with E-state index in [1.54, 1.807) is 67.3 Å². The second-order valence-electron chi connectivity index (χ2n) is 8.77. The molecule has 0 radical (unpaired) electrons. The van der Waals surface area contributed by atoms with Crippen LogP contribution in [-0.4, -0.2) is 36.6 Å². The molecule has 0 amide bonds. The largest absolute Gasteiger partial charge is 0.459 e. The van der Waals surface area contributed by atoms with Crippen molar-refractivity contribution in [3.63, 3.8) is 0 Å². The smallest absolute Gasteiger partial charge is 0.328 e. The van der Waals surface area contributed by atoms with Gasteiger partial charge in [0.1, 0.15) is 42.4 Å². The van der Waals surface area contributed by atoms with E-state index >= 15 is 0 Å². The lowest BCUT2D eigenvalue weighted by Gasteiger charge is -2.29. The zero-order valence-corrected chi connectivity index (χ0v) is 19.9. The summed E-state index contributed by atoms with van der Waals surface area (Å²) in [5.74, 6) is -0.832. The molecule has 8 heteroatoms. The van der Waals surface area contributed by atoms with Crippen LogP contribution in [0.3, 0.4) is 0 Å². The second-order valence-corrected chi connectivity index (χ2v) is 8.77. The summed E-state index contributed by atoms with van der Waals surface area (Å²) < 4.78 is 10.9. The third-order valence-corrected chi connectivity index (χ3v) is 6.32. The standard InChI is InChI=1S/C27H28N2O6/c1-19(29(16-15-28)22-10-6-20(17-30)7-11-22)25(32)34-18-21-8-12-23(13-9-21)35-26(33)27(2)14-4-3-5-24(27)31/h6-13,17,19H,3-5,14,16,18H2,1-2H3. The number of carbonyl (C=O) groups is 4. The van der Waals surface area contributed by atoms with Crippen molar-refractivity contribution >= 4 is 29.7 Å². The summed E-state index contributed by atoms with van der Waals surface area (Å²) in [6.07, 6.45) is 3.22. The van der Waals surface area contributed by atoms with Crippen molar-refractivity contribution in [2.45, 2.75) is 52.2 Å². The van der Waals surface area contributed by atoms with E-state index in [0.717, 1.165) is 19.1 Å². The first kappa shape index (κ1) is 25.6. The van der Waals surface area contributed by atoms with Crippen molar-refractivity contribution in [3.05, 3.63) is 59.7 Å². The Bertz CT molecular complexity index is 1120. The number of benzene rings is 2. The summed E-state index contributed by atoms with van der Waals surface area (Å²) >= 11 is 0. The molecule has 0 bridgehead atoms. The van der Waals surface area contributed by atoms with Crippen molar-refractivity contribution in [1.82, 2.24) is 0 Å². The number of nitrogens with zero attached hydrogens (tertiary/aromatic N) is 2. The SMILES string of the molecule is CC(C(=O)OCc1ccc(OC(=O)C2(C)CCCCC2=O)cc1)N(CC#N)c1ccc(C=O)cc1. The maximum absolute atomic E-state index is 12.7. The quantitative estimate of drug-likeness (QED) is 0.175. The Morgan fingerprint density at radius 2 is 1.83 bits per heavy atom. The molecule has 182 valence electrons. The van der Waals surface area contributed by atoms with Crippen molar-refractivity contribution in [3.8, 4) is 11.8 Å². The zero-order chi connectivity index (χ0) is 25.4. The third-order valence-electron chi connectivity index (χ3n) is 6.32. The van der Waals surface area contributed by atoms with Gasteiger partial charge in [-0.2, -0.15) is 5.26 Å². The Kier molecular flexibility index (Phi) is 8.37. The summed E-state index contributed by atoms with van der Waals surface area (Å²) in [6.45, 7) is 3.25. The van der Waals surface area contributed by atoms with Crippen LogP contribution in [0.2, 0.25) is 0 Å². The van der Waals surface area contributed by atoms with Crippen LogP contribution in [0.25, 0.3) is 0 Å². The number of carbonyl (C=O) groups excluding carboxylic acids is 4. The second kappa shape index (κ2) is 11.4. The first-order valence-electron chi connectivity index (χ1n) is 11.5. The van der Waals surface area contributed by atoms with Gasteiger partial charge in [0.15, 0.2) is 0 Å². The predicted molar refractivity (Wildman–Crippen MR) is 128 cm³/mol. The minimum Gasteiger partial charge on any atom is -0.459 e. The molecule has 1 fully saturated rings. The predicted octanol–water partition coefficient (Wildman–Crippen LogP) is 4.02. The van der Waals surface area contributed by atoms with Gasteiger partial charge in [-0.3, -0.25) is 14.4 Å². The Balaban J connectivity index is 1.58. The number of hydrogen-bond acceptors (Lipinski definition) is 8. The molecule has 35 heavy (non-hydrogen) atoms. The van der Waals surface area contributed by atoms with Crippen LogP contribution in [-0.2, 0) is 25.7 Å². The van der Waals surface area contributed by atoms with Gasteiger partial charge >= 0.3 is 11.9 Å². The molecule has 0 N–H and O–H groups in total. The molecular formula is C27H28N2O6. The lowest BCUT2D eigenvalue weighted by Crippen LogP contribution is -2.41. The number of nitriles is 1. The van der Waals surface area contributed by atoms with Crippen LogP contribution >= 0.6 is 0 Å². The minimum atomic E-state index is -1.11. The topological polar surface area (TPSA) is 114 Å². The van der Waals surface area contributed by atoms with Crippen molar-refractivity contribution in [2.75, 3.05) is 11.4 Å². The van der Waals surface area contributed by atoms with E-state index in [1.165, 1.54) is 0 Å². The van der Waals surface area contributed by atoms with Crippen LogP contribution in [0.5, 0.6) is 5.75 Å². The van der Waals surface area contributed by atoms with Crippen LogP contribution in [0.4, 0.5) is 5.69 Å². The number of ether oxygens (including phenoxy) is 2. The molecular weight excluding hydrogens is 448 g/mol. The molecule has 0 spiro atoms. The van der Waals surface area contributed by atoms with Gasteiger partial charge in [0.25, 0.3) is 0 Å². The number of anilines is 1. The van der Waals surface area contributed by atoms with Crippen LogP contribution in [0.15, 0.2) is 48.5 Å². The zero-order valence-electron chi connectivity index (χ0n) is 19.9. The third kappa shape index (κ3) is 6.12. The number of hydrogen-bond donors (Lipinski definition) is 0. The highest BCUT2D eigenvalue weighted by Gasteiger charge is 2.43. The maximum Gasteiger partial charge on any atom is 0.328 e. The fraction of sp³-hybridized carbons (Fsp3) is 0.370. The molecule has 2 atom stereocenters. The highest BCUT2D eigenvalue weighted by Crippen LogP contribution is 2.34. The first-order valence-corrected chi connectivity index (χ1v) is 11.5. The average Bonchev–Trinajstić information content (AvgIpc) is 2.88. The van der Waals surface area contributed by atoms with Gasteiger partial charge in [-0.1, -0.05) is 18.6 Å². The molecule has 2 aromatic rings. The molecule has 0 heterocycles. The fourth-order valence-corrected chi connectivity index (χ4v) is 3.94. The Morgan fingerprint density at radius 3 is 2.43 bits per heavy atom. The van der Waals surface area contributed by atoms with Crippen LogP contribution in [0, 0.1) is 16.7 Å². The van der Waals surface area contributed by atoms with E-state index in [1.807, 2.05) is 6.07 Å². The number of ketones is 1. The van der Waals surface area contributed by atoms with E-state index in [9.17, 15) is 24.4 Å². The monoisotopic (exact) mass is 476 g/mol. The summed E-state index contributed by atoms with van der Waals surface area (Å²) in [5, 5.41) is 9.18. The highest BCUT2D eigenvalue weighted by molar-refractivity contribution is 6.04. The fourth-order valence-electron chi connectivity index (χ4n) is 3.94. The van der Waals surface area contributed by atoms with Gasteiger partial charge in [0.05, 0.1) is 6.07 Å². The molecule has 8 nitrogen and oxygen atoms in total. The van der Waals surface area contributed by atoms with Gasteiger partial charge in [0.2, 0.25) is 0 Å². The molecule has 1 aliphatic carbocycles. The summed E-state index contributed by atoms with van der Waals surface area (Å²) in [6, 6.07) is 14.4. The Hall–Kier alpha value is -3.99. The van der Waals surface area contributed by atoms with Crippen molar-refractivity contribution < 1.29 is 28.7 Å². The van der Waals surface area contributed by atoms with Crippen LogP contribution < -0.4 is 9.64 Å². The number of esters is 2. The molecule has 1 saturated carbocycles. The minimum absolute atomic E-state index is 0.00191. The Labute approximate surface area is 204 Å². The van der Waals surface area contributed by atoms with E-state index in [-0.39, 0.29) is 18.9 Å². The molecule has 3 rings (SSSR count). The molecule has 0 aromatic heterocycles. The van der Waals surface area contributed by atoms with Gasteiger partial charge in [0, 0.05) is 17.7 Å². The van der Waals surface area contributed by atoms with Gasteiger partial charge in [-0.05, 0) is 68.7 Å². The van der Waals surface area contributed by atoms with Crippen molar-refractivity contribution in [1.29, 1.82) is 5.26 Å². The van der Waals surface area contributed by atoms with E-state index in [0.29, 0.717) is 35.4 Å². The van der Waals surface area contributed by atoms with E-state index < -0.39 is 23.4 Å². The summed E-state index contributed by atoms with van der Waals surface area (Å²) in [7, 11) is 0. The average molecular weight is 477 g/mol. The lowest BCUT2D eigenvalue weighted by atomic mass is 9.74. The van der Waals surface area contributed by atoms with Crippen LogP contribution in [0.1, 0.15) is 55.5 Å². The number of rotatable bonds is 9. The number of aldehydes is 1. The van der Waals surface area contributed by atoms with Gasteiger partial charge < -0.3 is 14.4 Å². The molecule has 1 aliphatic rings. The molecule has 0 aliphatic heterocycles. The summed E-state index contributed by atoms with van der Waals surface area (Å²) in [4.78, 5) is 49.9. The number of Topliss-reactive ketones (excluding diaryl/α,β-unsaturated/α-hetero) is 1. The first-order chi connectivity index (χ1) is 16.8. The maximum atomic E-state index is 12.7. The lowest BCUT2D eigenvalue weighted by molar-refractivity contribution is -0.153. The Morgan fingerprint density at radius 1 is 1.14 bits per heavy atom. The normalized spacial score (nSPS) is 18.1. The highest BCUT2D eigenvalue weighted by atomic mass is 16.5. The van der Waals surface area contributed by atoms with Gasteiger partial charge in [-0.15, -0.1) is 0 Å². The molecule has 0 saturated heterocycles.